The van der Waals surface area contributed by atoms with Crippen molar-refractivity contribution in [1.82, 2.24) is 0 Å². The maximum absolute atomic E-state index is 12.8. The quantitative estimate of drug-likeness (QED) is 0.146. The Balaban J connectivity index is 2.31. The van der Waals surface area contributed by atoms with E-state index in [4.69, 9.17) is 66.3 Å². The minimum atomic E-state index is -2.02. The molecule has 0 aromatic heterocycles. The Kier molecular flexibility index (Phi) is 18.1. The molecule has 0 radical (unpaired) electrons. The third kappa shape index (κ3) is 14.0. The lowest BCUT2D eigenvalue weighted by atomic mass is 9.95. The Morgan fingerprint density at radius 1 is 0.383 bits per heavy atom. The molecule has 60 heavy (non-hydrogen) atoms. The molecule has 0 aliphatic carbocycles. The minimum Gasteiger partial charge on any atom is -0.463 e. The topological polar surface area (TPSA) is 303 Å². The van der Waals surface area contributed by atoms with Crippen molar-refractivity contribution in [2.24, 2.45) is 0 Å². The van der Waals surface area contributed by atoms with E-state index in [1.54, 1.807) is 0 Å². The first-order chi connectivity index (χ1) is 28.0. The SMILES string of the molecule is CC(=O)OC[C@H]1O[C@H](O[C@H]2[C@H](OC(C)=O)[C@@H](OC(C)=O)[C@@H](O)O[C@@H]2COC(C)=O)[C@H](O[C@@H]2O[C@@H](C)[C@@H](OC(C)=O)[C@@H](OC(C)=O)[C@@H]2OC(C)=O)[C@@H](OC(C)=O)[C@H]1OC(C)=O. The fourth-order valence-corrected chi connectivity index (χ4v) is 6.55. The van der Waals surface area contributed by atoms with Gasteiger partial charge >= 0.3 is 53.7 Å². The van der Waals surface area contributed by atoms with Gasteiger partial charge in [0.1, 0.15) is 31.5 Å². The Morgan fingerprint density at radius 3 is 1.17 bits per heavy atom. The van der Waals surface area contributed by atoms with Gasteiger partial charge < -0.3 is 71.4 Å². The number of aliphatic hydroxyl groups is 1. The zero-order valence-corrected chi connectivity index (χ0v) is 34.4. The predicted molar refractivity (Wildman–Crippen MR) is 186 cm³/mol. The van der Waals surface area contributed by atoms with E-state index in [2.05, 4.69) is 0 Å². The van der Waals surface area contributed by atoms with E-state index >= 15 is 0 Å². The average Bonchev–Trinajstić information content (AvgIpc) is 3.10. The third-order valence-electron chi connectivity index (χ3n) is 8.53. The zero-order chi connectivity index (χ0) is 45.2. The summed E-state index contributed by atoms with van der Waals surface area (Å²) in [6, 6.07) is 0. The number of carbonyl (C=O) groups excluding carboxylic acids is 9. The smallest absolute Gasteiger partial charge is 0.303 e. The molecule has 0 bridgehead atoms. The number of hydrogen-bond donors (Lipinski definition) is 1. The highest BCUT2D eigenvalue weighted by Crippen LogP contribution is 2.38. The van der Waals surface area contributed by atoms with Gasteiger partial charge in [-0.25, -0.2) is 0 Å². The van der Waals surface area contributed by atoms with Crippen LogP contribution in [0, 0.1) is 0 Å². The molecule has 3 fully saturated rings. The van der Waals surface area contributed by atoms with E-state index in [1.807, 2.05) is 0 Å². The van der Waals surface area contributed by atoms with Gasteiger partial charge in [0.2, 0.25) is 0 Å². The van der Waals surface area contributed by atoms with Crippen LogP contribution in [-0.4, -0.2) is 164 Å². The second-order valence-corrected chi connectivity index (χ2v) is 13.6. The molecule has 3 aliphatic heterocycles. The molecule has 3 rings (SSSR count). The maximum Gasteiger partial charge on any atom is 0.303 e. The molecule has 24 heteroatoms. The molecule has 0 unspecified atom stereocenters. The summed E-state index contributed by atoms with van der Waals surface area (Å²) in [5, 5.41) is 10.9. The largest absolute Gasteiger partial charge is 0.463 e. The van der Waals surface area contributed by atoms with Gasteiger partial charge in [-0.15, -0.1) is 0 Å². The first kappa shape index (κ1) is 49.4. The molecule has 3 aliphatic rings. The average molecular weight is 867 g/mol. The van der Waals surface area contributed by atoms with Crippen LogP contribution in [0.4, 0.5) is 0 Å². The van der Waals surface area contributed by atoms with Crippen molar-refractivity contribution in [3.05, 3.63) is 0 Å². The van der Waals surface area contributed by atoms with Crippen molar-refractivity contribution in [2.75, 3.05) is 13.2 Å². The van der Waals surface area contributed by atoms with Crippen molar-refractivity contribution < 1.29 is 115 Å². The van der Waals surface area contributed by atoms with Crippen molar-refractivity contribution in [3.63, 3.8) is 0 Å². The second-order valence-electron chi connectivity index (χ2n) is 13.6. The van der Waals surface area contributed by atoms with Crippen LogP contribution in [-0.2, 0) is 109 Å². The van der Waals surface area contributed by atoms with Crippen molar-refractivity contribution >= 4 is 53.7 Å². The molecular formula is C36H50O24. The summed E-state index contributed by atoms with van der Waals surface area (Å²) in [5.74, 6) is -8.31. The Morgan fingerprint density at radius 2 is 0.717 bits per heavy atom. The molecule has 1 N–H and O–H groups in total. The molecule has 338 valence electrons. The van der Waals surface area contributed by atoms with Gasteiger partial charge in [-0.3, -0.25) is 43.2 Å². The maximum atomic E-state index is 12.8. The number of esters is 9. The summed E-state index contributed by atoms with van der Waals surface area (Å²) in [5.41, 5.74) is 0. The third-order valence-corrected chi connectivity index (χ3v) is 8.53. The molecular weight excluding hydrogens is 816 g/mol. The zero-order valence-electron chi connectivity index (χ0n) is 34.4. The summed E-state index contributed by atoms with van der Waals surface area (Å²) < 4.78 is 79.2. The monoisotopic (exact) mass is 866 g/mol. The molecule has 3 heterocycles. The summed E-state index contributed by atoms with van der Waals surface area (Å²) >= 11 is 0. The highest BCUT2D eigenvalue weighted by Gasteiger charge is 2.59. The van der Waals surface area contributed by atoms with Gasteiger partial charge in [0.15, 0.2) is 67.7 Å². The molecule has 0 spiro atoms. The van der Waals surface area contributed by atoms with Crippen LogP contribution >= 0.6 is 0 Å². The van der Waals surface area contributed by atoms with E-state index in [0.717, 1.165) is 62.3 Å². The lowest BCUT2D eigenvalue weighted by Gasteiger charge is -2.50. The second kappa shape index (κ2) is 22.0. The van der Waals surface area contributed by atoms with Crippen molar-refractivity contribution in [1.29, 1.82) is 0 Å². The van der Waals surface area contributed by atoms with Gasteiger partial charge in [-0.1, -0.05) is 0 Å². The highest BCUT2D eigenvalue weighted by molar-refractivity contribution is 5.70. The summed E-state index contributed by atoms with van der Waals surface area (Å²) in [4.78, 5) is 111. The fraction of sp³-hybridized carbons (Fsp3) is 0.750. The number of aliphatic hydroxyl groups excluding tert-OH is 1. The summed E-state index contributed by atoms with van der Waals surface area (Å²) in [6.45, 7) is 9.09. The highest BCUT2D eigenvalue weighted by atomic mass is 16.8. The van der Waals surface area contributed by atoms with Gasteiger partial charge in [-0.2, -0.15) is 0 Å². The molecule has 15 atom stereocenters. The van der Waals surface area contributed by atoms with Crippen LogP contribution in [0.3, 0.4) is 0 Å². The Hall–Kier alpha value is -5.01. The van der Waals surface area contributed by atoms with Gasteiger partial charge in [0, 0.05) is 62.3 Å². The fourth-order valence-electron chi connectivity index (χ4n) is 6.55. The Labute approximate surface area is 342 Å². The van der Waals surface area contributed by atoms with E-state index in [1.165, 1.54) is 6.92 Å². The van der Waals surface area contributed by atoms with Crippen molar-refractivity contribution in [3.8, 4) is 0 Å². The standard InChI is InChI=1S/C36H50O24/c1-13-25(50-16(4)39)28(52-18(6)41)32(56-22(10)45)35(49-13)60-33-30(54-20(8)43)26(51-17(5)40)24(12-48-15(3)38)58-36(33)59-27-23(11-47-14(2)37)57-34(46)31(55-21(9)44)29(27)53-19(7)42/h13,23-36,46H,11-12H2,1-10H3/t13-,23+,24+,25+,26-,27+,28+,29-,30-,31+,32-,33+,34-,35-,36+/m0/s1. The van der Waals surface area contributed by atoms with Gasteiger partial charge in [0.25, 0.3) is 0 Å². The first-order valence-corrected chi connectivity index (χ1v) is 18.4. The van der Waals surface area contributed by atoms with E-state index in [0.29, 0.717) is 0 Å². The molecule has 0 aromatic carbocycles. The molecule has 0 aromatic rings. The lowest BCUT2D eigenvalue weighted by molar-refractivity contribution is -0.386. The van der Waals surface area contributed by atoms with E-state index < -0.39 is 159 Å². The number of ether oxygens (including phenoxy) is 14. The number of hydrogen-bond acceptors (Lipinski definition) is 24. The van der Waals surface area contributed by atoms with Gasteiger partial charge in [0.05, 0.1) is 6.10 Å². The van der Waals surface area contributed by atoms with Crippen molar-refractivity contribution in [2.45, 2.75) is 161 Å². The van der Waals surface area contributed by atoms with Gasteiger partial charge in [-0.05, 0) is 6.92 Å². The van der Waals surface area contributed by atoms with Crippen LogP contribution < -0.4 is 0 Å². The molecule has 0 saturated carbocycles. The minimum absolute atomic E-state index is 0.691. The van der Waals surface area contributed by atoms with Crippen LogP contribution in [0.1, 0.15) is 69.2 Å². The van der Waals surface area contributed by atoms with Crippen LogP contribution in [0.2, 0.25) is 0 Å². The first-order valence-electron chi connectivity index (χ1n) is 18.4. The summed E-state index contributed by atoms with van der Waals surface area (Å²) in [6.07, 6.45) is -25.9. The normalized spacial score (nSPS) is 33.8. The number of rotatable bonds is 15. The molecule has 24 nitrogen and oxygen atoms in total. The van der Waals surface area contributed by atoms with Crippen LogP contribution in [0.15, 0.2) is 0 Å². The lowest BCUT2D eigenvalue weighted by Crippen LogP contribution is -2.68. The van der Waals surface area contributed by atoms with Crippen LogP contribution in [0.25, 0.3) is 0 Å². The molecule has 0 amide bonds. The van der Waals surface area contributed by atoms with E-state index in [-0.39, 0.29) is 0 Å². The number of carbonyl (C=O) groups is 9. The Bertz CT molecular complexity index is 1600. The predicted octanol–water partition coefficient (Wildman–Crippen LogP) is -1.41. The summed E-state index contributed by atoms with van der Waals surface area (Å²) in [7, 11) is 0. The molecule has 3 saturated heterocycles. The van der Waals surface area contributed by atoms with Crippen LogP contribution in [0.5, 0.6) is 0 Å². The van der Waals surface area contributed by atoms with E-state index in [9.17, 15) is 48.3 Å².